The zero-order chi connectivity index (χ0) is 13.0. The standard InChI is InChI=1S/C13H21NO4/c15-12(16)10-6-8-14(9-7-10)13(17)18-11-4-2-1-3-5-11/h10-11H,1-9H2,(H,15,16). The number of nitrogens with zero attached hydrogens (tertiary/aromatic N) is 1. The fourth-order valence-electron chi connectivity index (χ4n) is 2.71. The molecule has 2 fully saturated rings. The molecule has 102 valence electrons. The Kier molecular flexibility index (Phi) is 4.44. The van der Waals surface area contributed by atoms with Crippen LogP contribution in [-0.2, 0) is 9.53 Å². The lowest BCUT2D eigenvalue weighted by Crippen LogP contribution is -2.42. The summed E-state index contributed by atoms with van der Waals surface area (Å²) in [5, 5.41) is 8.89. The first-order chi connectivity index (χ1) is 8.66. The molecule has 0 atom stereocenters. The molecule has 0 aromatic carbocycles. The van der Waals surface area contributed by atoms with Crippen LogP contribution in [0.15, 0.2) is 0 Å². The van der Waals surface area contributed by atoms with Crippen LogP contribution in [0.2, 0.25) is 0 Å². The highest BCUT2D eigenvalue weighted by atomic mass is 16.6. The highest BCUT2D eigenvalue weighted by Crippen LogP contribution is 2.23. The summed E-state index contributed by atoms with van der Waals surface area (Å²) in [5.41, 5.74) is 0. The van der Waals surface area contributed by atoms with Gasteiger partial charge in [-0.15, -0.1) is 0 Å². The molecule has 5 heteroatoms. The van der Waals surface area contributed by atoms with Crippen molar-refractivity contribution >= 4 is 12.1 Å². The highest BCUT2D eigenvalue weighted by molar-refractivity contribution is 5.71. The van der Waals surface area contributed by atoms with E-state index in [9.17, 15) is 9.59 Å². The number of likely N-dealkylation sites (tertiary alicyclic amines) is 1. The molecule has 1 amide bonds. The van der Waals surface area contributed by atoms with Gasteiger partial charge in [-0.3, -0.25) is 4.79 Å². The number of carboxylic acids is 1. The Hall–Kier alpha value is -1.26. The molecule has 0 radical (unpaired) electrons. The monoisotopic (exact) mass is 255 g/mol. The maximum atomic E-state index is 11.9. The van der Waals surface area contributed by atoms with E-state index in [2.05, 4.69) is 0 Å². The molecule has 0 bridgehead atoms. The number of piperidine rings is 1. The van der Waals surface area contributed by atoms with Crippen molar-refractivity contribution in [2.75, 3.05) is 13.1 Å². The maximum Gasteiger partial charge on any atom is 0.410 e. The molecule has 1 heterocycles. The van der Waals surface area contributed by atoms with Gasteiger partial charge >= 0.3 is 12.1 Å². The molecule has 1 saturated heterocycles. The van der Waals surface area contributed by atoms with Crippen molar-refractivity contribution < 1.29 is 19.4 Å². The summed E-state index contributed by atoms with van der Waals surface area (Å²) in [6.45, 7) is 1.01. The number of hydrogen-bond acceptors (Lipinski definition) is 3. The lowest BCUT2D eigenvalue weighted by molar-refractivity contribution is -0.143. The molecular weight excluding hydrogens is 234 g/mol. The maximum absolute atomic E-state index is 11.9. The molecule has 1 aliphatic carbocycles. The van der Waals surface area contributed by atoms with Gasteiger partial charge in [0.2, 0.25) is 0 Å². The molecule has 2 aliphatic rings. The first kappa shape index (κ1) is 13.2. The number of hydrogen-bond donors (Lipinski definition) is 1. The molecule has 18 heavy (non-hydrogen) atoms. The molecule has 0 unspecified atom stereocenters. The third-order valence-electron chi connectivity index (χ3n) is 3.92. The molecule has 0 aromatic heterocycles. The second-order valence-electron chi connectivity index (χ2n) is 5.24. The fraction of sp³-hybridized carbons (Fsp3) is 0.846. The summed E-state index contributed by atoms with van der Waals surface area (Å²) >= 11 is 0. The first-order valence-electron chi connectivity index (χ1n) is 6.85. The van der Waals surface area contributed by atoms with Crippen LogP contribution in [0.5, 0.6) is 0 Å². The Balaban J connectivity index is 1.75. The Bertz CT molecular complexity index is 304. The summed E-state index contributed by atoms with van der Waals surface area (Å²) in [6, 6.07) is 0. The predicted octanol–water partition coefficient (Wildman–Crippen LogP) is 2.25. The number of carbonyl (C=O) groups is 2. The zero-order valence-corrected chi connectivity index (χ0v) is 10.6. The van der Waals surface area contributed by atoms with E-state index in [0.717, 1.165) is 25.7 Å². The van der Waals surface area contributed by atoms with Crippen LogP contribution < -0.4 is 0 Å². The third kappa shape index (κ3) is 3.37. The molecule has 2 rings (SSSR count). The number of carbonyl (C=O) groups excluding carboxylic acids is 1. The SMILES string of the molecule is O=C(O)C1CCN(C(=O)OC2CCCCC2)CC1. The van der Waals surface area contributed by atoms with Crippen molar-refractivity contribution in [1.82, 2.24) is 4.90 Å². The quantitative estimate of drug-likeness (QED) is 0.821. The summed E-state index contributed by atoms with van der Waals surface area (Å²) in [5.74, 6) is -1.06. The van der Waals surface area contributed by atoms with Crippen molar-refractivity contribution in [2.45, 2.75) is 51.0 Å². The van der Waals surface area contributed by atoms with Crippen LogP contribution in [0.4, 0.5) is 4.79 Å². The zero-order valence-electron chi connectivity index (χ0n) is 10.6. The fourth-order valence-corrected chi connectivity index (χ4v) is 2.71. The minimum absolute atomic E-state index is 0.0726. The average Bonchev–Trinajstić information content (AvgIpc) is 2.40. The Morgan fingerprint density at radius 2 is 1.61 bits per heavy atom. The molecule has 5 nitrogen and oxygen atoms in total. The van der Waals surface area contributed by atoms with Gasteiger partial charge in [-0.1, -0.05) is 6.42 Å². The van der Waals surface area contributed by atoms with Gasteiger partial charge in [0, 0.05) is 13.1 Å². The van der Waals surface area contributed by atoms with E-state index in [1.807, 2.05) is 0 Å². The van der Waals surface area contributed by atoms with Crippen molar-refractivity contribution in [3.05, 3.63) is 0 Å². The summed E-state index contributed by atoms with van der Waals surface area (Å²) in [7, 11) is 0. The van der Waals surface area contributed by atoms with Gasteiger partial charge < -0.3 is 14.7 Å². The number of carboxylic acid groups (broad SMARTS) is 1. The topological polar surface area (TPSA) is 66.8 Å². The molecule has 0 aromatic rings. The van der Waals surface area contributed by atoms with Crippen LogP contribution in [0.3, 0.4) is 0 Å². The van der Waals surface area contributed by atoms with Gasteiger partial charge in [-0.05, 0) is 38.5 Å². The first-order valence-corrected chi connectivity index (χ1v) is 6.85. The number of aliphatic carboxylic acids is 1. The smallest absolute Gasteiger partial charge is 0.410 e. The van der Waals surface area contributed by atoms with E-state index >= 15 is 0 Å². The molecule has 1 saturated carbocycles. The molecule has 0 spiro atoms. The summed E-state index contributed by atoms with van der Waals surface area (Å²) in [4.78, 5) is 24.4. The largest absolute Gasteiger partial charge is 0.481 e. The van der Waals surface area contributed by atoms with Crippen molar-refractivity contribution in [1.29, 1.82) is 0 Å². The van der Waals surface area contributed by atoms with E-state index in [-0.39, 0.29) is 18.1 Å². The Labute approximate surface area is 107 Å². The van der Waals surface area contributed by atoms with E-state index in [4.69, 9.17) is 9.84 Å². The molecule has 1 aliphatic heterocycles. The minimum atomic E-state index is -0.754. The van der Waals surface area contributed by atoms with Crippen molar-refractivity contribution in [2.24, 2.45) is 5.92 Å². The lowest BCUT2D eigenvalue weighted by Gasteiger charge is -2.31. The van der Waals surface area contributed by atoms with Gasteiger partial charge in [0.15, 0.2) is 0 Å². The Morgan fingerprint density at radius 3 is 2.17 bits per heavy atom. The van der Waals surface area contributed by atoms with E-state index in [0.29, 0.717) is 25.9 Å². The van der Waals surface area contributed by atoms with Gasteiger partial charge in [0.05, 0.1) is 5.92 Å². The van der Waals surface area contributed by atoms with Crippen LogP contribution in [0.1, 0.15) is 44.9 Å². The van der Waals surface area contributed by atoms with Crippen molar-refractivity contribution in [3.8, 4) is 0 Å². The summed E-state index contributed by atoms with van der Waals surface area (Å²) < 4.78 is 5.47. The number of ether oxygens (including phenoxy) is 1. The van der Waals surface area contributed by atoms with Gasteiger partial charge in [-0.2, -0.15) is 0 Å². The normalized spacial score (nSPS) is 22.8. The minimum Gasteiger partial charge on any atom is -0.481 e. The highest BCUT2D eigenvalue weighted by Gasteiger charge is 2.29. The second-order valence-corrected chi connectivity index (χ2v) is 5.24. The third-order valence-corrected chi connectivity index (χ3v) is 3.92. The van der Waals surface area contributed by atoms with Crippen LogP contribution in [-0.4, -0.2) is 41.3 Å². The van der Waals surface area contributed by atoms with Gasteiger partial charge in [0.1, 0.15) is 6.10 Å². The summed E-state index contributed by atoms with van der Waals surface area (Å²) in [6.07, 6.45) is 6.34. The van der Waals surface area contributed by atoms with E-state index in [1.165, 1.54) is 6.42 Å². The van der Waals surface area contributed by atoms with Crippen LogP contribution >= 0.6 is 0 Å². The van der Waals surface area contributed by atoms with Gasteiger partial charge in [0.25, 0.3) is 0 Å². The van der Waals surface area contributed by atoms with Gasteiger partial charge in [-0.25, -0.2) is 4.79 Å². The number of rotatable bonds is 2. The predicted molar refractivity (Wildman–Crippen MR) is 65.3 cm³/mol. The van der Waals surface area contributed by atoms with Crippen LogP contribution in [0.25, 0.3) is 0 Å². The van der Waals surface area contributed by atoms with E-state index in [1.54, 1.807) is 4.90 Å². The second kappa shape index (κ2) is 6.07. The van der Waals surface area contributed by atoms with E-state index < -0.39 is 5.97 Å². The van der Waals surface area contributed by atoms with Crippen molar-refractivity contribution in [3.63, 3.8) is 0 Å². The number of amides is 1. The Morgan fingerprint density at radius 1 is 1.00 bits per heavy atom. The lowest BCUT2D eigenvalue weighted by atomic mass is 9.97. The van der Waals surface area contributed by atoms with Crippen LogP contribution in [0, 0.1) is 5.92 Å². The average molecular weight is 255 g/mol. The molecular formula is C13H21NO4. The molecule has 1 N–H and O–H groups in total.